The second-order valence-electron chi connectivity index (χ2n) is 8.01. The van der Waals surface area contributed by atoms with Crippen LogP contribution in [0.25, 0.3) is 5.69 Å². The molecule has 1 aliphatic heterocycles. The van der Waals surface area contributed by atoms with Gasteiger partial charge in [0.05, 0.1) is 30.5 Å². The van der Waals surface area contributed by atoms with Crippen LogP contribution < -0.4 is 5.32 Å². The Morgan fingerprint density at radius 1 is 1.09 bits per heavy atom. The van der Waals surface area contributed by atoms with Crippen LogP contribution in [0.15, 0.2) is 72.1 Å². The Morgan fingerprint density at radius 2 is 1.79 bits per heavy atom. The number of rotatable bonds is 8. The molecule has 0 bridgehead atoms. The van der Waals surface area contributed by atoms with E-state index >= 15 is 0 Å². The molecule has 1 aromatic heterocycles. The van der Waals surface area contributed by atoms with Crippen molar-refractivity contribution in [1.29, 1.82) is 0 Å². The van der Waals surface area contributed by atoms with Crippen molar-refractivity contribution in [2.24, 2.45) is 0 Å². The molecule has 1 atom stereocenters. The maximum absolute atomic E-state index is 12.7. The first-order chi connectivity index (χ1) is 15.9. The first-order valence-electron chi connectivity index (χ1n) is 11.0. The lowest BCUT2D eigenvalue weighted by Crippen LogP contribution is -2.40. The van der Waals surface area contributed by atoms with Crippen LogP contribution in [0.5, 0.6) is 0 Å². The smallest absolute Gasteiger partial charge is 0.243 e. The quantitative estimate of drug-likeness (QED) is 0.549. The summed E-state index contributed by atoms with van der Waals surface area (Å²) in [5.74, 6) is -0.0498. The molecule has 2 heterocycles. The van der Waals surface area contributed by atoms with Gasteiger partial charge in [-0.3, -0.25) is 4.79 Å². The van der Waals surface area contributed by atoms with Crippen molar-refractivity contribution in [3.05, 3.63) is 78.4 Å². The van der Waals surface area contributed by atoms with Crippen molar-refractivity contribution in [2.75, 3.05) is 26.3 Å². The van der Waals surface area contributed by atoms with Crippen molar-refractivity contribution in [1.82, 2.24) is 19.2 Å². The summed E-state index contributed by atoms with van der Waals surface area (Å²) < 4.78 is 34.0. The zero-order chi connectivity index (χ0) is 23.3. The van der Waals surface area contributed by atoms with Gasteiger partial charge < -0.3 is 14.6 Å². The lowest BCUT2D eigenvalue weighted by atomic mass is 10.1. The Hall–Kier alpha value is -3.01. The predicted octanol–water partition coefficient (Wildman–Crippen LogP) is 2.70. The van der Waals surface area contributed by atoms with E-state index in [1.165, 1.54) is 4.31 Å². The third-order valence-corrected chi connectivity index (χ3v) is 7.66. The molecular weight excluding hydrogens is 440 g/mol. The summed E-state index contributed by atoms with van der Waals surface area (Å²) >= 11 is 0. The Morgan fingerprint density at radius 3 is 2.42 bits per heavy atom. The molecule has 174 valence electrons. The number of benzene rings is 2. The maximum Gasteiger partial charge on any atom is 0.243 e. The first kappa shape index (κ1) is 23.2. The highest BCUT2D eigenvalue weighted by Crippen LogP contribution is 2.19. The van der Waals surface area contributed by atoms with Gasteiger partial charge >= 0.3 is 0 Å². The minimum absolute atomic E-state index is 0.0498. The van der Waals surface area contributed by atoms with E-state index < -0.39 is 10.0 Å². The van der Waals surface area contributed by atoms with Crippen LogP contribution in [0.4, 0.5) is 0 Å². The average molecular weight is 469 g/mol. The van der Waals surface area contributed by atoms with Gasteiger partial charge in [0.15, 0.2) is 0 Å². The van der Waals surface area contributed by atoms with Crippen LogP contribution in [0.2, 0.25) is 0 Å². The molecule has 3 aromatic rings. The molecule has 1 N–H and O–H groups in total. The number of ether oxygens (including phenoxy) is 1. The minimum Gasteiger partial charge on any atom is -0.379 e. The molecule has 4 rings (SSSR count). The fraction of sp³-hybridized carbons (Fsp3) is 0.333. The number of sulfonamides is 1. The topological polar surface area (TPSA) is 93.5 Å². The number of imidazole rings is 1. The van der Waals surface area contributed by atoms with Gasteiger partial charge in [0.1, 0.15) is 0 Å². The third kappa shape index (κ3) is 5.68. The minimum atomic E-state index is -3.51. The molecule has 0 spiro atoms. The summed E-state index contributed by atoms with van der Waals surface area (Å²) in [6.45, 7) is 3.53. The van der Waals surface area contributed by atoms with Gasteiger partial charge in [0.25, 0.3) is 0 Å². The van der Waals surface area contributed by atoms with E-state index in [0.29, 0.717) is 39.1 Å². The number of carbonyl (C=O) groups excluding carboxylic acids is 1. The van der Waals surface area contributed by atoms with Crippen LogP contribution in [-0.2, 0) is 26.0 Å². The Labute approximate surface area is 194 Å². The molecule has 9 heteroatoms. The number of morpholine rings is 1. The molecule has 1 aliphatic rings. The van der Waals surface area contributed by atoms with Gasteiger partial charge in [-0.15, -0.1) is 0 Å². The number of hydrogen-bond acceptors (Lipinski definition) is 5. The highest BCUT2D eigenvalue weighted by atomic mass is 32.2. The van der Waals surface area contributed by atoms with Crippen molar-refractivity contribution in [3.63, 3.8) is 0 Å². The van der Waals surface area contributed by atoms with E-state index in [9.17, 15) is 13.2 Å². The zero-order valence-electron chi connectivity index (χ0n) is 18.6. The summed E-state index contributed by atoms with van der Waals surface area (Å²) in [6.07, 6.45) is 6.21. The molecule has 0 unspecified atom stereocenters. The molecule has 8 nitrogen and oxygen atoms in total. The van der Waals surface area contributed by atoms with E-state index in [2.05, 4.69) is 10.3 Å². The summed E-state index contributed by atoms with van der Waals surface area (Å²) in [7, 11) is -3.51. The number of carbonyl (C=O) groups is 1. The van der Waals surface area contributed by atoms with Gasteiger partial charge in [-0.2, -0.15) is 4.31 Å². The third-order valence-electron chi connectivity index (χ3n) is 5.75. The number of aromatic nitrogens is 2. The average Bonchev–Trinajstić information content (AvgIpc) is 3.39. The van der Waals surface area contributed by atoms with E-state index in [-0.39, 0.29) is 16.8 Å². The van der Waals surface area contributed by atoms with Gasteiger partial charge in [-0.25, -0.2) is 13.4 Å². The summed E-state index contributed by atoms with van der Waals surface area (Å²) in [5.41, 5.74) is 2.95. The molecule has 0 aliphatic carbocycles. The molecule has 0 radical (unpaired) electrons. The normalized spacial score (nSPS) is 15.8. The molecule has 0 saturated carbocycles. The van der Waals surface area contributed by atoms with Gasteiger partial charge in [0, 0.05) is 37.6 Å². The standard InChI is InChI=1S/C24H28N4O4S/c1-19(21-5-7-22(8-6-21)27-13-12-25-18-27)26-24(29)11-4-20-2-9-23(10-3-20)33(30,31)28-14-16-32-17-15-28/h2-3,5-10,12-13,18-19H,4,11,14-17H2,1H3,(H,26,29)/t19-/m0/s1. The molecule has 1 amide bonds. The van der Waals surface area contributed by atoms with Crippen molar-refractivity contribution < 1.29 is 17.9 Å². The largest absolute Gasteiger partial charge is 0.379 e. The van der Waals surface area contributed by atoms with Crippen molar-refractivity contribution >= 4 is 15.9 Å². The second kappa shape index (κ2) is 10.3. The van der Waals surface area contributed by atoms with Gasteiger partial charge in [0.2, 0.25) is 15.9 Å². The number of nitrogens with one attached hydrogen (secondary N) is 1. The Kier molecular flexibility index (Phi) is 7.22. The molecular formula is C24H28N4O4S. The summed E-state index contributed by atoms with van der Waals surface area (Å²) in [5, 5.41) is 3.03. The van der Waals surface area contributed by atoms with E-state index in [1.807, 2.05) is 42.0 Å². The molecule has 2 aromatic carbocycles. The fourth-order valence-corrected chi connectivity index (χ4v) is 5.17. The van der Waals surface area contributed by atoms with Crippen LogP contribution in [0.3, 0.4) is 0 Å². The molecule has 33 heavy (non-hydrogen) atoms. The number of aryl methyl sites for hydroxylation is 1. The fourth-order valence-electron chi connectivity index (χ4n) is 3.77. The van der Waals surface area contributed by atoms with E-state index in [1.54, 1.807) is 36.8 Å². The SMILES string of the molecule is C[C@H](NC(=O)CCc1ccc(S(=O)(=O)N2CCOCC2)cc1)c1ccc(-n2ccnc2)cc1. The van der Waals surface area contributed by atoms with Crippen LogP contribution in [0.1, 0.15) is 30.5 Å². The second-order valence-corrected chi connectivity index (χ2v) is 9.95. The predicted molar refractivity (Wildman–Crippen MR) is 124 cm³/mol. The molecule has 1 fully saturated rings. The van der Waals surface area contributed by atoms with Crippen LogP contribution >= 0.6 is 0 Å². The number of hydrogen-bond donors (Lipinski definition) is 1. The number of nitrogens with zero attached hydrogens (tertiary/aromatic N) is 3. The summed E-state index contributed by atoms with van der Waals surface area (Å²) in [6, 6.07) is 14.6. The lowest BCUT2D eigenvalue weighted by molar-refractivity contribution is -0.121. The highest BCUT2D eigenvalue weighted by molar-refractivity contribution is 7.89. The van der Waals surface area contributed by atoms with Gasteiger partial charge in [-0.1, -0.05) is 24.3 Å². The Bertz CT molecular complexity index is 1150. The van der Waals surface area contributed by atoms with Crippen LogP contribution in [-0.4, -0.2) is 54.5 Å². The van der Waals surface area contributed by atoms with Crippen molar-refractivity contribution in [2.45, 2.75) is 30.7 Å². The monoisotopic (exact) mass is 468 g/mol. The Balaban J connectivity index is 1.28. The summed E-state index contributed by atoms with van der Waals surface area (Å²) in [4.78, 5) is 16.8. The highest BCUT2D eigenvalue weighted by Gasteiger charge is 2.26. The lowest BCUT2D eigenvalue weighted by Gasteiger charge is -2.26. The first-order valence-corrected chi connectivity index (χ1v) is 12.4. The van der Waals surface area contributed by atoms with E-state index in [0.717, 1.165) is 16.8 Å². The van der Waals surface area contributed by atoms with Crippen LogP contribution in [0, 0.1) is 0 Å². The van der Waals surface area contributed by atoms with E-state index in [4.69, 9.17) is 4.74 Å². The molecule has 1 saturated heterocycles. The maximum atomic E-state index is 12.7. The van der Waals surface area contributed by atoms with Crippen molar-refractivity contribution in [3.8, 4) is 5.69 Å². The van der Waals surface area contributed by atoms with Gasteiger partial charge in [-0.05, 0) is 48.7 Å². The zero-order valence-corrected chi connectivity index (χ0v) is 19.4. The number of amides is 1.